The Morgan fingerprint density at radius 1 is 1.35 bits per heavy atom. The maximum atomic E-state index is 13.5. The molecule has 0 bridgehead atoms. The van der Waals surface area contributed by atoms with Gasteiger partial charge < -0.3 is 10.1 Å². The summed E-state index contributed by atoms with van der Waals surface area (Å²) < 4.78 is 19.0. The third-order valence-corrected chi connectivity index (χ3v) is 2.98. The van der Waals surface area contributed by atoms with Gasteiger partial charge in [0.25, 0.3) is 5.91 Å². The molecular weight excluding hydrogens is 329 g/mol. The normalized spacial score (nSPS) is 12.1. The molecule has 0 heterocycles. The standard InChI is InChI=1S/C14H17BrFNO3/c1-8(2)7-17-13(18)9(3)20-14(19)11-6-10(15)4-5-12(11)16/h4-6,8-9H,7H2,1-3H3,(H,17,18)/t9-/m1/s1. The summed E-state index contributed by atoms with van der Waals surface area (Å²) in [6.07, 6.45) is -0.973. The predicted molar refractivity (Wildman–Crippen MR) is 76.8 cm³/mol. The van der Waals surface area contributed by atoms with Gasteiger partial charge in [-0.2, -0.15) is 0 Å². The Labute approximate surface area is 125 Å². The third-order valence-electron chi connectivity index (χ3n) is 2.49. The van der Waals surface area contributed by atoms with Crippen LogP contribution in [0.25, 0.3) is 0 Å². The van der Waals surface area contributed by atoms with Gasteiger partial charge in [0.2, 0.25) is 0 Å². The van der Waals surface area contributed by atoms with Crippen molar-refractivity contribution in [2.24, 2.45) is 5.92 Å². The number of carbonyl (C=O) groups is 2. The Balaban J connectivity index is 2.65. The van der Waals surface area contributed by atoms with Gasteiger partial charge in [0, 0.05) is 11.0 Å². The summed E-state index contributed by atoms with van der Waals surface area (Å²) in [6, 6.07) is 3.95. The Morgan fingerprint density at radius 3 is 2.60 bits per heavy atom. The molecule has 4 nitrogen and oxygen atoms in total. The highest BCUT2D eigenvalue weighted by molar-refractivity contribution is 9.10. The van der Waals surface area contributed by atoms with Gasteiger partial charge in [-0.25, -0.2) is 9.18 Å². The summed E-state index contributed by atoms with van der Waals surface area (Å²) in [7, 11) is 0. The second kappa shape index (κ2) is 7.38. The summed E-state index contributed by atoms with van der Waals surface area (Å²) in [5.74, 6) is -1.66. The van der Waals surface area contributed by atoms with Crippen molar-refractivity contribution in [2.75, 3.05) is 6.54 Å². The third kappa shape index (κ3) is 4.92. The van der Waals surface area contributed by atoms with Crippen molar-refractivity contribution in [1.82, 2.24) is 5.32 Å². The van der Waals surface area contributed by atoms with Crippen molar-refractivity contribution in [3.8, 4) is 0 Å². The molecule has 1 atom stereocenters. The van der Waals surface area contributed by atoms with E-state index >= 15 is 0 Å². The first-order valence-electron chi connectivity index (χ1n) is 6.25. The zero-order valence-corrected chi connectivity index (χ0v) is 13.2. The number of benzene rings is 1. The van der Waals surface area contributed by atoms with Gasteiger partial charge in [0.15, 0.2) is 6.10 Å². The first kappa shape index (κ1) is 16.6. The van der Waals surface area contributed by atoms with Crippen LogP contribution in [0.3, 0.4) is 0 Å². The number of esters is 1. The largest absolute Gasteiger partial charge is 0.449 e. The van der Waals surface area contributed by atoms with Gasteiger partial charge in [0.05, 0.1) is 5.56 Å². The van der Waals surface area contributed by atoms with Gasteiger partial charge in [-0.15, -0.1) is 0 Å². The summed E-state index contributed by atoms with van der Waals surface area (Å²) in [4.78, 5) is 23.5. The van der Waals surface area contributed by atoms with Crippen LogP contribution in [-0.4, -0.2) is 24.5 Å². The van der Waals surface area contributed by atoms with E-state index in [4.69, 9.17) is 4.74 Å². The minimum atomic E-state index is -0.973. The lowest BCUT2D eigenvalue weighted by Gasteiger charge is -2.14. The Hall–Kier alpha value is -1.43. The summed E-state index contributed by atoms with van der Waals surface area (Å²) in [5.41, 5.74) is -0.206. The Bertz CT molecular complexity index is 505. The van der Waals surface area contributed by atoms with E-state index in [1.54, 1.807) is 0 Å². The molecule has 20 heavy (non-hydrogen) atoms. The lowest BCUT2D eigenvalue weighted by Crippen LogP contribution is -2.37. The van der Waals surface area contributed by atoms with Crippen LogP contribution in [0.2, 0.25) is 0 Å². The molecular formula is C14H17BrFNO3. The molecule has 1 N–H and O–H groups in total. The van der Waals surface area contributed by atoms with E-state index in [-0.39, 0.29) is 5.56 Å². The number of halogens is 2. The predicted octanol–water partition coefficient (Wildman–Crippen LogP) is 2.91. The van der Waals surface area contributed by atoms with Crippen LogP contribution in [0.15, 0.2) is 22.7 Å². The van der Waals surface area contributed by atoms with E-state index < -0.39 is 23.8 Å². The van der Waals surface area contributed by atoms with Crippen molar-refractivity contribution >= 4 is 27.8 Å². The average Bonchev–Trinajstić information content (AvgIpc) is 2.38. The van der Waals surface area contributed by atoms with Gasteiger partial charge in [-0.3, -0.25) is 4.79 Å². The molecule has 110 valence electrons. The molecule has 0 spiro atoms. The smallest absolute Gasteiger partial charge is 0.341 e. The molecule has 1 amide bonds. The first-order valence-corrected chi connectivity index (χ1v) is 7.04. The van der Waals surface area contributed by atoms with E-state index in [0.717, 1.165) is 6.07 Å². The maximum Gasteiger partial charge on any atom is 0.341 e. The minimum absolute atomic E-state index is 0.206. The van der Waals surface area contributed by atoms with Crippen LogP contribution in [-0.2, 0) is 9.53 Å². The molecule has 0 aliphatic rings. The molecule has 0 saturated heterocycles. The van der Waals surface area contributed by atoms with Crippen molar-refractivity contribution in [2.45, 2.75) is 26.9 Å². The highest BCUT2D eigenvalue weighted by Gasteiger charge is 2.21. The lowest BCUT2D eigenvalue weighted by molar-refractivity contribution is -0.129. The molecule has 0 unspecified atom stereocenters. The van der Waals surface area contributed by atoms with Crippen LogP contribution in [0.5, 0.6) is 0 Å². The topological polar surface area (TPSA) is 55.4 Å². The second-order valence-electron chi connectivity index (χ2n) is 4.81. The molecule has 0 aliphatic heterocycles. The van der Waals surface area contributed by atoms with Crippen molar-refractivity contribution in [3.05, 3.63) is 34.1 Å². The molecule has 0 fully saturated rings. The number of hydrogen-bond donors (Lipinski definition) is 1. The van der Waals surface area contributed by atoms with Crippen molar-refractivity contribution < 1.29 is 18.7 Å². The molecule has 1 aromatic carbocycles. The van der Waals surface area contributed by atoms with Crippen molar-refractivity contribution in [3.63, 3.8) is 0 Å². The Morgan fingerprint density at radius 2 is 2.00 bits per heavy atom. The number of hydrogen-bond acceptors (Lipinski definition) is 3. The van der Waals surface area contributed by atoms with E-state index in [9.17, 15) is 14.0 Å². The minimum Gasteiger partial charge on any atom is -0.449 e. The summed E-state index contributed by atoms with van der Waals surface area (Å²) >= 11 is 3.15. The highest BCUT2D eigenvalue weighted by atomic mass is 79.9. The lowest BCUT2D eigenvalue weighted by atomic mass is 10.2. The average molecular weight is 346 g/mol. The highest BCUT2D eigenvalue weighted by Crippen LogP contribution is 2.17. The summed E-state index contributed by atoms with van der Waals surface area (Å²) in [6.45, 7) is 5.84. The van der Waals surface area contributed by atoms with E-state index in [1.807, 2.05) is 13.8 Å². The van der Waals surface area contributed by atoms with Gasteiger partial charge in [-0.05, 0) is 31.0 Å². The quantitative estimate of drug-likeness (QED) is 0.834. The SMILES string of the molecule is CC(C)CNC(=O)[C@@H](C)OC(=O)c1cc(Br)ccc1F. The number of rotatable bonds is 5. The fourth-order valence-corrected chi connectivity index (χ4v) is 1.74. The van der Waals surface area contributed by atoms with Gasteiger partial charge in [0.1, 0.15) is 5.82 Å². The fraction of sp³-hybridized carbons (Fsp3) is 0.429. The monoisotopic (exact) mass is 345 g/mol. The molecule has 1 rings (SSSR count). The molecule has 0 radical (unpaired) electrons. The van der Waals surface area contributed by atoms with Crippen LogP contribution < -0.4 is 5.32 Å². The number of carbonyl (C=O) groups excluding carboxylic acids is 2. The van der Waals surface area contributed by atoms with Gasteiger partial charge >= 0.3 is 5.97 Å². The van der Waals surface area contributed by atoms with Crippen LogP contribution in [0.4, 0.5) is 4.39 Å². The second-order valence-corrected chi connectivity index (χ2v) is 5.73. The number of amides is 1. The van der Waals surface area contributed by atoms with Crippen molar-refractivity contribution in [1.29, 1.82) is 0 Å². The van der Waals surface area contributed by atoms with Crippen LogP contribution in [0.1, 0.15) is 31.1 Å². The van der Waals surface area contributed by atoms with Gasteiger partial charge in [-0.1, -0.05) is 29.8 Å². The first-order chi connectivity index (χ1) is 9.31. The molecule has 6 heteroatoms. The molecule has 0 aromatic heterocycles. The zero-order chi connectivity index (χ0) is 15.3. The Kier molecular flexibility index (Phi) is 6.13. The zero-order valence-electron chi connectivity index (χ0n) is 11.6. The molecule has 0 aliphatic carbocycles. The van der Waals surface area contributed by atoms with E-state index in [0.29, 0.717) is 16.9 Å². The van der Waals surface area contributed by atoms with E-state index in [2.05, 4.69) is 21.2 Å². The van der Waals surface area contributed by atoms with Crippen LogP contribution >= 0.6 is 15.9 Å². The number of nitrogens with one attached hydrogen (secondary N) is 1. The maximum absolute atomic E-state index is 13.5. The number of ether oxygens (including phenoxy) is 1. The van der Waals surface area contributed by atoms with Crippen LogP contribution in [0, 0.1) is 11.7 Å². The molecule has 1 aromatic rings. The summed E-state index contributed by atoms with van der Waals surface area (Å²) in [5, 5.41) is 2.65. The fourth-order valence-electron chi connectivity index (χ4n) is 1.38. The molecule has 0 saturated carbocycles. The van der Waals surface area contributed by atoms with E-state index in [1.165, 1.54) is 19.1 Å².